The smallest absolute Gasteiger partial charge is 0.294 e. The van der Waals surface area contributed by atoms with Gasteiger partial charge in [-0.2, -0.15) is 0 Å². The van der Waals surface area contributed by atoms with Gasteiger partial charge >= 0.3 is 0 Å². The van der Waals surface area contributed by atoms with Gasteiger partial charge in [-0.25, -0.2) is 0 Å². The van der Waals surface area contributed by atoms with Crippen molar-refractivity contribution >= 4 is 67.3 Å². The fourth-order valence-corrected chi connectivity index (χ4v) is 4.35. The Morgan fingerprint density at radius 2 is 1.77 bits per heavy atom. The average molecular weight is 497 g/mol. The summed E-state index contributed by atoms with van der Waals surface area (Å²) in [7, 11) is 1.60. The van der Waals surface area contributed by atoms with E-state index in [1.54, 1.807) is 37.5 Å². The second kappa shape index (κ2) is 8.95. The fourth-order valence-electron chi connectivity index (χ4n) is 3.25. The maximum atomic E-state index is 12.8. The Hall–Kier alpha value is -3.10. The molecule has 1 N–H and O–H groups in total. The average Bonchev–Trinajstić information content (AvgIpc) is 3.03. The number of methoxy groups -OCH3 is 1. The molecule has 1 saturated heterocycles. The molecule has 4 rings (SSSR count). The number of carbonyl (C=O) groups is 3. The molecule has 156 valence electrons. The molecule has 1 aliphatic rings. The minimum Gasteiger partial charge on any atom is -0.496 e. The minimum atomic E-state index is -0.485. The van der Waals surface area contributed by atoms with Crippen molar-refractivity contribution in [3.63, 3.8) is 0 Å². The van der Waals surface area contributed by atoms with Crippen LogP contribution in [0.15, 0.2) is 70.0 Å². The number of amides is 3. The Balaban J connectivity index is 1.54. The number of anilines is 1. The van der Waals surface area contributed by atoms with Gasteiger partial charge in [0, 0.05) is 15.5 Å². The highest BCUT2D eigenvalue weighted by Gasteiger charge is 2.36. The first-order valence-corrected chi connectivity index (χ1v) is 10.9. The second-order valence-electron chi connectivity index (χ2n) is 6.73. The van der Waals surface area contributed by atoms with Gasteiger partial charge in [-0.1, -0.05) is 46.3 Å². The monoisotopic (exact) mass is 496 g/mol. The molecule has 31 heavy (non-hydrogen) atoms. The maximum absolute atomic E-state index is 12.8. The van der Waals surface area contributed by atoms with Crippen LogP contribution in [0.1, 0.15) is 5.56 Å². The van der Waals surface area contributed by atoms with Crippen molar-refractivity contribution in [1.29, 1.82) is 0 Å². The van der Waals surface area contributed by atoms with Crippen molar-refractivity contribution < 1.29 is 19.1 Å². The van der Waals surface area contributed by atoms with Crippen molar-refractivity contribution in [3.05, 3.63) is 75.6 Å². The molecule has 1 fully saturated rings. The maximum Gasteiger partial charge on any atom is 0.294 e. The molecular weight excluding hydrogens is 480 g/mol. The Morgan fingerprint density at radius 1 is 1.06 bits per heavy atom. The number of fused-ring (bicyclic) bond motifs is 1. The summed E-state index contributed by atoms with van der Waals surface area (Å²) in [5.41, 5.74) is 1.38. The zero-order valence-corrected chi connectivity index (χ0v) is 18.8. The summed E-state index contributed by atoms with van der Waals surface area (Å²) in [4.78, 5) is 38.8. The number of thioether (sulfide) groups is 1. The number of imide groups is 1. The van der Waals surface area contributed by atoms with Gasteiger partial charge in [0.05, 0.1) is 12.0 Å². The lowest BCUT2D eigenvalue weighted by molar-refractivity contribution is -0.127. The van der Waals surface area contributed by atoms with Gasteiger partial charge in [-0.3, -0.25) is 19.3 Å². The lowest BCUT2D eigenvalue weighted by Crippen LogP contribution is -2.36. The van der Waals surface area contributed by atoms with Gasteiger partial charge in [0.15, 0.2) is 0 Å². The van der Waals surface area contributed by atoms with Gasteiger partial charge in [-0.05, 0) is 59.1 Å². The number of ether oxygens (including phenoxy) is 1. The van der Waals surface area contributed by atoms with Crippen LogP contribution in [-0.4, -0.2) is 35.6 Å². The van der Waals surface area contributed by atoms with Crippen LogP contribution < -0.4 is 10.1 Å². The lowest BCUT2D eigenvalue weighted by atomic mass is 10.0. The Bertz CT molecular complexity index is 1220. The zero-order valence-electron chi connectivity index (χ0n) is 16.4. The molecule has 3 amide bonds. The molecule has 3 aromatic rings. The molecule has 0 saturated carbocycles. The van der Waals surface area contributed by atoms with Crippen molar-refractivity contribution in [2.45, 2.75) is 0 Å². The van der Waals surface area contributed by atoms with Gasteiger partial charge in [-0.15, -0.1) is 0 Å². The van der Waals surface area contributed by atoms with Crippen LogP contribution in [0.2, 0.25) is 0 Å². The molecule has 0 aromatic heterocycles. The summed E-state index contributed by atoms with van der Waals surface area (Å²) in [6.45, 7) is -0.346. The van der Waals surface area contributed by atoms with E-state index in [4.69, 9.17) is 4.74 Å². The van der Waals surface area contributed by atoms with Crippen LogP contribution in [0.5, 0.6) is 5.75 Å². The molecule has 1 heterocycles. The second-order valence-corrected chi connectivity index (χ2v) is 8.63. The summed E-state index contributed by atoms with van der Waals surface area (Å²) in [6.07, 6.45) is 1.68. The Labute approximate surface area is 191 Å². The predicted octanol–water partition coefficient (Wildman–Crippen LogP) is 5.29. The highest BCUT2D eigenvalue weighted by atomic mass is 79.9. The van der Waals surface area contributed by atoms with Crippen LogP contribution >= 0.6 is 27.7 Å². The van der Waals surface area contributed by atoms with Crippen LogP contribution in [-0.2, 0) is 9.59 Å². The van der Waals surface area contributed by atoms with E-state index in [0.29, 0.717) is 5.69 Å². The molecule has 6 nitrogen and oxygen atoms in total. The topological polar surface area (TPSA) is 75.7 Å². The number of nitrogens with zero attached hydrogens (tertiary/aromatic N) is 1. The summed E-state index contributed by atoms with van der Waals surface area (Å²) in [5.74, 6) is -0.202. The van der Waals surface area contributed by atoms with Crippen molar-refractivity contribution in [1.82, 2.24) is 4.90 Å². The van der Waals surface area contributed by atoms with E-state index in [9.17, 15) is 14.4 Å². The number of nitrogens with one attached hydrogen (secondary N) is 1. The third-order valence-corrected chi connectivity index (χ3v) is 6.16. The van der Waals surface area contributed by atoms with Crippen LogP contribution in [0.25, 0.3) is 16.8 Å². The Morgan fingerprint density at radius 3 is 2.48 bits per heavy atom. The molecule has 0 unspecified atom stereocenters. The third kappa shape index (κ3) is 4.50. The van der Waals surface area contributed by atoms with Crippen molar-refractivity contribution in [3.8, 4) is 5.75 Å². The zero-order chi connectivity index (χ0) is 22.0. The normalized spacial score (nSPS) is 15.0. The molecule has 0 atom stereocenters. The largest absolute Gasteiger partial charge is 0.496 e. The first-order valence-electron chi connectivity index (χ1n) is 9.33. The van der Waals surface area contributed by atoms with Gasteiger partial charge < -0.3 is 10.1 Å². The van der Waals surface area contributed by atoms with Crippen LogP contribution in [0.4, 0.5) is 10.5 Å². The summed E-state index contributed by atoms with van der Waals surface area (Å²) < 4.78 is 6.29. The van der Waals surface area contributed by atoms with E-state index in [0.717, 1.165) is 43.2 Å². The van der Waals surface area contributed by atoms with Gasteiger partial charge in [0.2, 0.25) is 5.91 Å². The Kier molecular flexibility index (Phi) is 6.11. The summed E-state index contributed by atoms with van der Waals surface area (Å²) >= 11 is 4.16. The van der Waals surface area contributed by atoms with E-state index >= 15 is 0 Å². The minimum absolute atomic E-state index is 0.275. The molecular formula is C23H17BrN2O4S. The molecule has 0 aliphatic carbocycles. The number of carbonyl (C=O) groups excluding carboxylic acids is 3. The molecule has 1 aliphatic heterocycles. The molecule has 0 radical (unpaired) electrons. The number of halogens is 1. The molecule has 8 heteroatoms. The van der Waals surface area contributed by atoms with Gasteiger partial charge in [0.25, 0.3) is 11.1 Å². The van der Waals surface area contributed by atoms with Crippen LogP contribution in [0, 0.1) is 0 Å². The predicted molar refractivity (Wildman–Crippen MR) is 126 cm³/mol. The highest BCUT2D eigenvalue weighted by molar-refractivity contribution is 9.10. The van der Waals surface area contributed by atoms with E-state index in [-0.39, 0.29) is 11.4 Å². The summed E-state index contributed by atoms with van der Waals surface area (Å²) in [6, 6.07) is 18.4. The molecule has 3 aromatic carbocycles. The fraction of sp³-hybridized carbons (Fsp3) is 0.0870. The number of benzene rings is 3. The standard InChI is InChI=1S/C23H17BrN2O4S/c1-30-19-11-6-14(17-4-2-3-5-18(17)19)12-20-22(28)26(23(29)31-20)13-21(27)25-16-9-7-15(24)8-10-16/h2-12H,13H2,1H3,(H,25,27)/b20-12+. The number of rotatable bonds is 5. The number of hydrogen-bond acceptors (Lipinski definition) is 5. The van der Waals surface area contributed by atoms with Crippen molar-refractivity contribution in [2.24, 2.45) is 0 Å². The van der Waals surface area contributed by atoms with E-state index in [2.05, 4.69) is 21.2 Å². The third-order valence-electron chi connectivity index (χ3n) is 4.73. The highest BCUT2D eigenvalue weighted by Crippen LogP contribution is 2.35. The van der Waals surface area contributed by atoms with E-state index in [1.807, 2.05) is 36.4 Å². The van der Waals surface area contributed by atoms with E-state index < -0.39 is 17.1 Å². The van der Waals surface area contributed by atoms with Gasteiger partial charge in [0.1, 0.15) is 12.3 Å². The lowest BCUT2D eigenvalue weighted by Gasteiger charge is -2.12. The number of hydrogen-bond donors (Lipinski definition) is 1. The van der Waals surface area contributed by atoms with Crippen molar-refractivity contribution in [2.75, 3.05) is 19.0 Å². The quantitative estimate of drug-likeness (QED) is 0.485. The first-order chi connectivity index (χ1) is 15.0. The summed E-state index contributed by atoms with van der Waals surface area (Å²) in [5, 5.41) is 4.03. The first kappa shape index (κ1) is 21.1. The van der Waals surface area contributed by atoms with Crippen LogP contribution in [0.3, 0.4) is 0 Å². The van der Waals surface area contributed by atoms with E-state index in [1.165, 1.54) is 0 Å². The SMILES string of the molecule is COc1ccc(/C=C2/SC(=O)N(CC(=O)Nc3ccc(Br)cc3)C2=O)c2ccccc12. The molecule has 0 bridgehead atoms. The molecule has 0 spiro atoms.